The molecule has 0 saturated carbocycles. The fourth-order valence-electron chi connectivity index (χ4n) is 2.63. The van der Waals surface area contributed by atoms with Gasteiger partial charge in [-0.3, -0.25) is 4.90 Å². The molecule has 2 unspecified atom stereocenters. The molecule has 2 nitrogen and oxygen atoms in total. The molecule has 1 heterocycles. The number of thioether (sulfide) groups is 1. The Morgan fingerprint density at radius 1 is 1.29 bits per heavy atom. The van der Waals surface area contributed by atoms with Crippen molar-refractivity contribution in [1.82, 2.24) is 4.90 Å². The van der Waals surface area contributed by atoms with E-state index < -0.39 is 0 Å². The molecule has 0 aromatic heterocycles. The van der Waals surface area contributed by atoms with Gasteiger partial charge in [-0.2, -0.15) is 0 Å². The quantitative estimate of drug-likeness (QED) is 0.836. The Labute approximate surface area is 109 Å². The number of likely N-dealkylation sites (tertiary alicyclic amines) is 1. The average molecular weight is 250 g/mol. The topological polar surface area (TPSA) is 29.3 Å². The molecule has 3 heteroatoms. The van der Waals surface area contributed by atoms with Gasteiger partial charge < -0.3 is 5.73 Å². The first-order chi connectivity index (χ1) is 8.17. The van der Waals surface area contributed by atoms with E-state index in [1.165, 1.54) is 23.4 Å². The van der Waals surface area contributed by atoms with Crippen LogP contribution >= 0.6 is 11.8 Å². The fourth-order valence-corrected chi connectivity index (χ4v) is 3.04. The Balaban J connectivity index is 1.95. The van der Waals surface area contributed by atoms with E-state index in [4.69, 9.17) is 5.73 Å². The third-order valence-electron chi connectivity index (χ3n) is 3.33. The van der Waals surface area contributed by atoms with Crippen LogP contribution in [0.1, 0.15) is 18.9 Å². The minimum Gasteiger partial charge on any atom is -0.327 e. The Morgan fingerprint density at radius 2 is 2.00 bits per heavy atom. The van der Waals surface area contributed by atoms with Crippen LogP contribution in [-0.2, 0) is 6.54 Å². The van der Waals surface area contributed by atoms with Crippen LogP contribution in [0, 0.1) is 5.92 Å². The second kappa shape index (κ2) is 5.89. The predicted molar refractivity (Wildman–Crippen MR) is 75.3 cm³/mol. The second-order valence-electron chi connectivity index (χ2n) is 5.14. The maximum absolute atomic E-state index is 6.07. The van der Waals surface area contributed by atoms with Crippen molar-refractivity contribution in [1.29, 1.82) is 0 Å². The van der Waals surface area contributed by atoms with Crippen LogP contribution in [0.15, 0.2) is 29.2 Å². The zero-order chi connectivity index (χ0) is 12.3. The molecule has 1 aliphatic heterocycles. The highest BCUT2D eigenvalue weighted by Gasteiger charge is 2.21. The molecule has 0 amide bonds. The van der Waals surface area contributed by atoms with Gasteiger partial charge >= 0.3 is 0 Å². The number of nitrogens with zero attached hydrogens (tertiary/aromatic N) is 1. The number of rotatable bonds is 3. The molecule has 0 radical (unpaired) electrons. The third kappa shape index (κ3) is 3.73. The summed E-state index contributed by atoms with van der Waals surface area (Å²) in [6, 6.07) is 9.22. The first-order valence-electron chi connectivity index (χ1n) is 6.28. The van der Waals surface area contributed by atoms with E-state index in [0.29, 0.717) is 6.04 Å². The SMILES string of the molecule is CSc1ccc(CN2CC(C)CC(N)C2)cc1. The summed E-state index contributed by atoms with van der Waals surface area (Å²) in [6.07, 6.45) is 3.28. The molecule has 2 N–H and O–H groups in total. The molecule has 0 aliphatic carbocycles. The number of hydrogen-bond donors (Lipinski definition) is 1. The van der Waals surface area contributed by atoms with E-state index in [2.05, 4.69) is 42.3 Å². The van der Waals surface area contributed by atoms with E-state index in [1.807, 2.05) is 0 Å². The van der Waals surface area contributed by atoms with Crippen LogP contribution in [0.25, 0.3) is 0 Å². The molecule has 1 aliphatic rings. The van der Waals surface area contributed by atoms with Gasteiger partial charge in [0, 0.05) is 30.6 Å². The number of piperidine rings is 1. The molecule has 0 bridgehead atoms. The summed E-state index contributed by atoms with van der Waals surface area (Å²) >= 11 is 1.79. The van der Waals surface area contributed by atoms with Crippen LogP contribution < -0.4 is 5.73 Å². The van der Waals surface area contributed by atoms with Crippen LogP contribution in [0.2, 0.25) is 0 Å². The van der Waals surface area contributed by atoms with Crippen molar-refractivity contribution in [3.05, 3.63) is 29.8 Å². The van der Waals surface area contributed by atoms with E-state index in [1.54, 1.807) is 11.8 Å². The van der Waals surface area contributed by atoms with Crippen molar-refractivity contribution in [3.63, 3.8) is 0 Å². The van der Waals surface area contributed by atoms with Gasteiger partial charge in [-0.05, 0) is 36.3 Å². The lowest BCUT2D eigenvalue weighted by Gasteiger charge is -2.34. The summed E-state index contributed by atoms with van der Waals surface area (Å²) in [6.45, 7) is 5.54. The van der Waals surface area contributed by atoms with Crippen LogP contribution in [-0.4, -0.2) is 30.3 Å². The molecule has 17 heavy (non-hydrogen) atoms. The Hall–Kier alpha value is -0.510. The lowest BCUT2D eigenvalue weighted by Crippen LogP contribution is -2.45. The van der Waals surface area contributed by atoms with Crippen molar-refractivity contribution in [2.45, 2.75) is 30.8 Å². The first kappa shape index (κ1) is 12.9. The maximum atomic E-state index is 6.07. The molecule has 0 spiro atoms. The second-order valence-corrected chi connectivity index (χ2v) is 6.02. The largest absolute Gasteiger partial charge is 0.327 e. The minimum absolute atomic E-state index is 0.351. The molecule has 94 valence electrons. The molecular formula is C14H22N2S. The van der Waals surface area contributed by atoms with Crippen molar-refractivity contribution < 1.29 is 0 Å². The predicted octanol–water partition coefficient (Wildman–Crippen LogP) is 2.58. The van der Waals surface area contributed by atoms with Crippen LogP contribution in [0.5, 0.6) is 0 Å². The standard InChI is InChI=1S/C14H22N2S/c1-11-7-13(15)10-16(8-11)9-12-3-5-14(17-2)6-4-12/h3-6,11,13H,7-10,15H2,1-2H3. The molecule has 2 rings (SSSR count). The lowest BCUT2D eigenvalue weighted by molar-refractivity contribution is 0.158. The van der Waals surface area contributed by atoms with Crippen LogP contribution in [0.4, 0.5) is 0 Å². The van der Waals surface area contributed by atoms with E-state index in [9.17, 15) is 0 Å². The highest BCUT2D eigenvalue weighted by Crippen LogP contribution is 2.19. The Kier molecular flexibility index (Phi) is 4.48. The third-order valence-corrected chi connectivity index (χ3v) is 4.08. The van der Waals surface area contributed by atoms with Crippen molar-refractivity contribution in [2.24, 2.45) is 11.7 Å². The maximum Gasteiger partial charge on any atom is 0.0234 e. The summed E-state index contributed by atoms with van der Waals surface area (Å²) in [7, 11) is 0. The average Bonchev–Trinajstić information content (AvgIpc) is 2.28. The molecule has 1 saturated heterocycles. The first-order valence-corrected chi connectivity index (χ1v) is 7.50. The number of nitrogens with two attached hydrogens (primary N) is 1. The molecule has 1 aromatic rings. The van der Waals surface area contributed by atoms with Crippen molar-refractivity contribution in [3.8, 4) is 0 Å². The van der Waals surface area contributed by atoms with Gasteiger partial charge in [-0.1, -0.05) is 19.1 Å². The van der Waals surface area contributed by atoms with Gasteiger partial charge in [0.05, 0.1) is 0 Å². The summed E-state index contributed by atoms with van der Waals surface area (Å²) < 4.78 is 0. The fraction of sp³-hybridized carbons (Fsp3) is 0.571. The highest BCUT2D eigenvalue weighted by atomic mass is 32.2. The Bertz CT molecular complexity index is 340. The van der Waals surface area contributed by atoms with Crippen molar-refractivity contribution >= 4 is 11.8 Å². The van der Waals surface area contributed by atoms with Gasteiger partial charge in [0.1, 0.15) is 0 Å². The Morgan fingerprint density at radius 3 is 2.59 bits per heavy atom. The van der Waals surface area contributed by atoms with Gasteiger partial charge in [0.25, 0.3) is 0 Å². The van der Waals surface area contributed by atoms with Gasteiger partial charge in [-0.15, -0.1) is 11.8 Å². The molecule has 1 fully saturated rings. The van der Waals surface area contributed by atoms with E-state index >= 15 is 0 Å². The normalized spacial score (nSPS) is 26.1. The van der Waals surface area contributed by atoms with Gasteiger partial charge in [-0.25, -0.2) is 0 Å². The highest BCUT2D eigenvalue weighted by molar-refractivity contribution is 7.98. The van der Waals surface area contributed by atoms with Gasteiger partial charge in [0.2, 0.25) is 0 Å². The zero-order valence-corrected chi connectivity index (χ0v) is 11.5. The van der Waals surface area contributed by atoms with Gasteiger partial charge in [0.15, 0.2) is 0 Å². The van der Waals surface area contributed by atoms with Crippen molar-refractivity contribution in [2.75, 3.05) is 19.3 Å². The van der Waals surface area contributed by atoms with Crippen LogP contribution in [0.3, 0.4) is 0 Å². The summed E-state index contributed by atoms with van der Waals surface area (Å²) in [5.74, 6) is 0.726. The minimum atomic E-state index is 0.351. The molecular weight excluding hydrogens is 228 g/mol. The van der Waals surface area contributed by atoms with E-state index in [0.717, 1.165) is 19.0 Å². The number of benzene rings is 1. The lowest BCUT2D eigenvalue weighted by atomic mass is 9.96. The summed E-state index contributed by atoms with van der Waals surface area (Å²) in [5, 5.41) is 0. The smallest absolute Gasteiger partial charge is 0.0234 e. The summed E-state index contributed by atoms with van der Waals surface area (Å²) in [4.78, 5) is 3.81. The molecule has 2 atom stereocenters. The molecule has 1 aromatic carbocycles. The zero-order valence-electron chi connectivity index (χ0n) is 10.7. The monoisotopic (exact) mass is 250 g/mol. The number of hydrogen-bond acceptors (Lipinski definition) is 3. The summed E-state index contributed by atoms with van der Waals surface area (Å²) in [5.41, 5.74) is 7.46. The van der Waals surface area contributed by atoms with E-state index in [-0.39, 0.29) is 0 Å².